The van der Waals surface area contributed by atoms with Crippen LogP contribution in [0, 0.1) is 5.82 Å². The van der Waals surface area contributed by atoms with Crippen molar-refractivity contribution in [3.63, 3.8) is 0 Å². The highest BCUT2D eigenvalue weighted by Crippen LogP contribution is 2.37. The third-order valence-electron chi connectivity index (χ3n) is 4.01. The van der Waals surface area contributed by atoms with Gasteiger partial charge in [0, 0.05) is 5.56 Å². The van der Waals surface area contributed by atoms with Crippen LogP contribution in [-0.4, -0.2) is 22.3 Å². The number of aromatic hydroxyl groups is 1. The third kappa shape index (κ3) is 5.46. The summed E-state index contributed by atoms with van der Waals surface area (Å²) in [5, 5.41) is 20.4. The Morgan fingerprint density at radius 3 is 2.36 bits per heavy atom. The van der Waals surface area contributed by atoms with Crippen molar-refractivity contribution in [3.05, 3.63) is 70.1 Å². The molecule has 0 aliphatic heterocycles. The van der Waals surface area contributed by atoms with E-state index in [9.17, 15) is 19.4 Å². The molecule has 4 nitrogen and oxygen atoms in total. The largest absolute Gasteiger partial charge is 0.507 e. The van der Waals surface area contributed by atoms with Gasteiger partial charge in [-0.2, -0.15) is 0 Å². The fraction of sp³-hybridized carbons (Fsp3) is 0.261. The predicted octanol–water partition coefficient (Wildman–Crippen LogP) is 5.70. The van der Waals surface area contributed by atoms with E-state index < -0.39 is 5.97 Å². The van der Waals surface area contributed by atoms with Gasteiger partial charge in [-0.1, -0.05) is 35.9 Å². The average molecular weight is 384 g/mol. The van der Waals surface area contributed by atoms with E-state index >= 15 is 0 Å². The zero-order chi connectivity index (χ0) is 20.8. The van der Waals surface area contributed by atoms with Crippen LogP contribution in [0.1, 0.15) is 54.7 Å². The number of carboxylic acid groups (broad SMARTS) is 1. The lowest BCUT2D eigenvalue weighted by Crippen LogP contribution is -2.10. The topological polar surface area (TPSA) is 66.8 Å². The number of ether oxygens (including phenoxy) is 1. The summed E-state index contributed by atoms with van der Waals surface area (Å²) in [6.07, 6.45) is 5.36. The van der Waals surface area contributed by atoms with Gasteiger partial charge in [-0.15, -0.1) is 0 Å². The number of rotatable bonds is 7. The first-order valence-corrected chi connectivity index (χ1v) is 9.04. The van der Waals surface area contributed by atoms with Gasteiger partial charge in [-0.3, -0.25) is 0 Å². The average Bonchev–Trinajstić information content (AvgIpc) is 2.59. The number of phenols is 1. The van der Waals surface area contributed by atoms with Crippen molar-refractivity contribution >= 4 is 18.1 Å². The van der Waals surface area contributed by atoms with Crippen LogP contribution in [0.2, 0.25) is 0 Å². The van der Waals surface area contributed by atoms with E-state index in [1.807, 2.05) is 33.8 Å². The molecule has 2 rings (SSSR count). The predicted molar refractivity (Wildman–Crippen MR) is 109 cm³/mol. The maximum Gasteiger partial charge on any atom is 0.340 e. The molecule has 5 heteroatoms. The number of carbonyl (C=O) groups is 1. The summed E-state index contributed by atoms with van der Waals surface area (Å²) < 4.78 is 18.9. The van der Waals surface area contributed by atoms with E-state index in [-0.39, 0.29) is 23.2 Å². The zero-order valence-corrected chi connectivity index (χ0v) is 16.5. The molecule has 0 spiro atoms. The Morgan fingerprint density at radius 1 is 1.18 bits per heavy atom. The summed E-state index contributed by atoms with van der Waals surface area (Å²) in [6.45, 7) is 7.58. The molecule has 2 N–H and O–H groups in total. The minimum Gasteiger partial charge on any atom is -0.507 e. The van der Waals surface area contributed by atoms with Crippen LogP contribution < -0.4 is 4.74 Å². The molecule has 0 fully saturated rings. The first-order chi connectivity index (χ1) is 13.2. The van der Waals surface area contributed by atoms with Crippen LogP contribution in [0.3, 0.4) is 0 Å². The summed E-state index contributed by atoms with van der Waals surface area (Å²) in [4.78, 5) is 11.8. The van der Waals surface area contributed by atoms with Crippen LogP contribution >= 0.6 is 0 Å². The normalized spacial score (nSPS) is 11.1. The molecule has 0 unspecified atom stereocenters. The number of allylic oxidation sites excluding steroid dienone is 2. The molecule has 0 aliphatic carbocycles. The molecule has 148 valence electrons. The van der Waals surface area contributed by atoms with Crippen LogP contribution in [0.25, 0.3) is 12.2 Å². The quantitative estimate of drug-likeness (QED) is 0.475. The molecule has 28 heavy (non-hydrogen) atoms. The van der Waals surface area contributed by atoms with E-state index in [4.69, 9.17) is 4.74 Å². The highest BCUT2D eigenvalue weighted by Gasteiger charge is 2.22. The van der Waals surface area contributed by atoms with E-state index in [2.05, 4.69) is 0 Å². The van der Waals surface area contributed by atoms with Crippen molar-refractivity contribution in [1.29, 1.82) is 0 Å². The Hall–Kier alpha value is -3.08. The van der Waals surface area contributed by atoms with Gasteiger partial charge in [0.15, 0.2) is 0 Å². The van der Waals surface area contributed by atoms with Gasteiger partial charge in [0.05, 0.1) is 6.10 Å². The lowest BCUT2D eigenvalue weighted by atomic mass is 9.97. The standard InChI is InChI=1S/C23H25FO4/c1-14(2)5-12-19-20(28-15(3)4)13-17(21(22(19)25)23(26)27)9-6-16-7-10-18(24)11-8-16/h5-11,13,15,25H,12H2,1-4H3,(H,26,27). The molecule has 0 heterocycles. The first-order valence-electron chi connectivity index (χ1n) is 9.04. The Morgan fingerprint density at radius 2 is 1.82 bits per heavy atom. The van der Waals surface area contributed by atoms with E-state index in [0.717, 1.165) is 5.57 Å². The monoisotopic (exact) mass is 384 g/mol. The first kappa shape index (κ1) is 21.2. The van der Waals surface area contributed by atoms with Crippen LogP contribution in [-0.2, 0) is 6.42 Å². The molecule has 0 atom stereocenters. The number of benzene rings is 2. The van der Waals surface area contributed by atoms with Gasteiger partial charge in [-0.25, -0.2) is 9.18 Å². The van der Waals surface area contributed by atoms with Gasteiger partial charge in [-0.05, 0) is 63.4 Å². The van der Waals surface area contributed by atoms with Gasteiger partial charge in [0.25, 0.3) is 0 Å². The van der Waals surface area contributed by atoms with Crippen LogP contribution in [0.15, 0.2) is 42.0 Å². The Labute approximate surface area is 164 Å². The van der Waals surface area contributed by atoms with Crippen LogP contribution in [0.4, 0.5) is 4.39 Å². The molecular formula is C23H25FO4. The molecule has 0 amide bonds. The molecule has 0 aliphatic rings. The highest BCUT2D eigenvalue weighted by atomic mass is 19.1. The minimum absolute atomic E-state index is 0.144. The molecule has 0 aromatic heterocycles. The number of halogens is 1. The van der Waals surface area contributed by atoms with Crippen molar-refractivity contribution in [3.8, 4) is 11.5 Å². The fourth-order valence-electron chi connectivity index (χ4n) is 2.68. The van der Waals surface area contributed by atoms with E-state index in [0.29, 0.717) is 28.9 Å². The SMILES string of the molecule is CC(C)=CCc1c(OC(C)C)cc(C=Cc2ccc(F)cc2)c(C(=O)O)c1O. The van der Waals surface area contributed by atoms with Gasteiger partial charge >= 0.3 is 5.97 Å². The lowest BCUT2D eigenvalue weighted by Gasteiger charge is -2.18. The van der Waals surface area contributed by atoms with Crippen molar-refractivity contribution in [1.82, 2.24) is 0 Å². The number of carboxylic acids is 1. The summed E-state index contributed by atoms with van der Waals surface area (Å²) in [5.74, 6) is -1.45. The minimum atomic E-state index is -1.23. The van der Waals surface area contributed by atoms with Crippen LogP contribution in [0.5, 0.6) is 11.5 Å². The fourth-order valence-corrected chi connectivity index (χ4v) is 2.68. The maximum absolute atomic E-state index is 13.1. The van der Waals surface area contributed by atoms with Crippen molar-refractivity contribution in [2.45, 2.75) is 40.2 Å². The van der Waals surface area contributed by atoms with Gasteiger partial charge < -0.3 is 14.9 Å². The number of hydrogen-bond donors (Lipinski definition) is 2. The summed E-state index contributed by atoms with van der Waals surface area (Å²) >= 11 is 0. The summed E-state index contributed by atoms with van der Waals surface area (Å²) in [5.41, 5.74) is 2.31. The zero-order valence-electron chi connectivity index (χ0n) is 16.5. The lowest BCUT2D eigenvalue weighted by molar-refractivity contribution is 0.0693. The second kappa shape index (κ2) is 9.22. The molecule has 0 saturated heterocycles. The van der Waals surface area contributed by atoms with Gasteiger partial charge in [0.1, 0.15) is 22.9 Å². The van der Waals surface area contributed by atoms with E-state index in [1.54, 1.807) is 30.4 Å². The van der Waals surface area contributed by atoms with Crippen molar-refractivity contribution in [2.24, 2.45) is 0 Å². The van der Waals surface area contributed by atoms with Gasteiger partial charge in [0.2, 0.25) is 0 Å². The molecule has 2 aromatic carbocycles. The smallest absolute Gasteiger partial charge is 0.340 e. The highest BCUT2D eigenvalue weighted by molar-refractivity contribution is 5.97. The van der Waals surface area contributed by atoms with Crippen molar-refractivity contribution in [2.75, 3.05) is 0 Å². The van der Waals surface area contributed by atoms with Crippen molar-refractivity contribution < 1.29 is 24.1 Å². The number of hydrogen-bond acceptors (Lipinski definition) is 3. The molecule has 0 saturated carbocycles. The Bertz CT molecular complexity index is 905. The second-order valence-electron chi connectivity index (χ2n) is 7.01. The molecule has 0 radical (unpaired) electrons. The summed E-state index contributed by atoms with van der Waals surface area (Å²) in [6, 6.07) is 7.44. The third-order valence-corrected chi connectivity index (χ3v) is 4.01. The second-order valence-corrected chi connectivity index (χ2v) is 7.01. The Balaban J connectivity index is 2.59. The van der Waals surface area contributed by atoms with E-state index in [1.165, 1.54) is 12.1 Å². The maximum atomic E-state index is 13.1. The molecule has 2 aromatic rings. The Kier molecular flexibility index (Phi) is 6.99. The molecule has 0 bridgehead atoms. The number of aromatic carboxylic acids is 1. The molecular weight excluding hydrogens is 359 g/mol. The summed E-state index contributed by atoms with van der Waals surface area (Å²) in [7, 11) is 0.